The first-order valence-corrected chi connectivity index (χ1v) is 11.0. The van der Waals surface area contributed by atoms with Crippen LogP contribution >= 0.6 is 34.9 Å². The third-order valence-electron chi connectivity index (χ3n) is 3.09. The van der Waals surface area contributed by atoms with Crippen LogP contribution in [0.5, 0.6) is 0 Å². The second kappa shape index (κ2) is 6.80. The number of benzene rings is 1. The minimum Gasteiger partial charge on any atom is -0.268 e. The fourth-order valence-corrected chi connectivity index (χ4v) is 6.70. The summed E-state index contributed by atoms with van der Waals surface area (Å²) in [5.74, 6) is 0.920. The van der Waals surface area contributed by atoms with E-state index in [0.29, 0.717) is 5.75 Å². The van der Waals surface area contributed by atoms with Crippen LogP contribution in [0.15, 0.2) is 37.8 Å². The van der Waals surface area contributed by atoms with E-state index in [2.05, 4.69) is 10.2 Å². The van der Waals surface area contributed by atoms with Crippen LogP contribution in [0, 0.1) is 0 Å². The van der Waals surface area contributed by atoms with Gasteiger partial charge < -0.3 is 0 Å². The number of aromatic nitrogens is 2. The first kappa shape index (κ1) is 16.7. The SMILES string of the molecule is CCSc1nnc(SCCN2C(=O)c3ccccc3S2(=O)=O)s1. The lowest BCUT2D eigenvalue weighted by Gasteiger charge is -2.13. The van der Waals surface area contributed by atoms with Gasteiger partial charge in [-0.1, -0.05) is 53.9 Å². The van der Waals surface area contributed by atoms with Crippen LogP contribution in [0.2, 0.25) is 0 Å². The van der Waals surface area contributed by atoms with E-state index in [-0.39, 0.29) is 17.0 Å². The Balaban J connectivity index is 1.66. The molecule has 0 radical (unpaired) electrons. The van der Waals surface area contributed by atoms with Crippen LogP contribution in [-0.2, 0) is 10.0 Å². The zero-order valence-electron chi connectivity index (χ0n) is 12.1. The molecule has 2 aromatic rings. The van der Waals surface area contributed by atoms with Crippen molar-refractivity contribution in [2.75, 3.05) is 18.1 Å². The Morgan fingerprint density at radius 1 is 1.17 bits per heavy atom. The second-order valence-corrected chi connectivity index (χ2v) is 10.2. The van der Waals surface area contributed by atoms with Gasteiger partial charge in [-0.05, 0) is 17.9 Å². The molecule has 0 saturated carbocycles. The van der Waals surface area contributed by atoms with Crippen molar-refractivity contribution in [1.82, 2.24) is 14.5 Å². The molecule has 10 heteroatoms. The summed E-state index contributed by atoms with van der Waals surface area (Å²) in [5.41, 5.74) is 0.245. The van der Waals surface area contributed by atoms with Crippen LogP contribution in [-0.4, -0.2) is 46.9 Å². The van der Waals surface area contributed by atoms with Gasteiger partial charge in [-0.3, -0.25) is 4.79 Å². The van der Waals surface area contributed by atoms with E-state index in [1.165, 1.54) is 29.2 Å². The number of amides is 1. The summed E-state index contributed by atoms with van der Waals surface area (Å²) < 4.78 is 27.4. The lowest BCUT2D eigenvalue weighted by molar-refractivity contribution is 0.0876. The van der Waals surface area contributed by atoms with Crippen molar-refractivity contribution in [2.45, 2.75) is 20.5 Å². The number of carbonyl (C=O) groups is 1. The number of nitrogens with zero attached hydrogens (tertiary/aromatic N) is 3. The molecule has 1 aromatic carbocycles. The van der Waals surface area contributed by atoms with Gasteiger partial charge in [0.15, 0.2) is 8.68 Å². The Hall–Kier alpha value is -1.10. The van der Waals surface area contributed by atoms with Crippen LogP contribution in [0.4, 0.5) is 0 Å². The lowest BCUT2D eigenvalue weighted by atomic mass is 10.2. The van der Waals surface area contributed by atoms with Crippen molar-refractivity contribution < 1.29 is 13.2 Å². The van der Waals surface area contributed by atoms with Gasteiger partial charge in [-0.2, -0.15) is 0 Å². The average molecular weight is 388 g/mol. The molecule has 0 spiro atoms. The maximum absolute atomic E-state index is 12.4. The standard InChI is InChI=1S/C13H13N3O3S4/c1-2-20-12-14-15-13(22-12)21-8-7-16-11(17)9-5-3-4-6-10(9)23(16,18)19/h3-6H,2,7-8H2,1H3. The fourth-order valence-electron chi connectivity index (χ4n) is 2.11. The summed E-state index contributed by atoms with van der Waals surface area (Å²) in [7, 11) is -3.72. The number of thioether (sulfide) groups is 2. The number of sulfonamides is 1. The Morgan fingerprint density at radius 3 is 2.57 bits per heavy atom. The molecule has 0 unspecified atom stereocenters. The largest absolute Gasteiger partial charge is 0.269 e. The maximum Gasteiger partial charge on any atom is 0.269 e. The van der Waals surface area contributed by atoms with Gasteiger partial charge in [0, 0.05) is 12.3 Å². The molecule has 6 nitrogen and oxygen atoms in total. The first-order valence-electron chi connectivity index (χ1n) is 6.79. The van der Waals surface area contributed by atoms with Gasteiger partial charge in [-0.15, -0.1) is 10.2 Å². The van der Waals surface area contributed by atoms with Crippen molar-refractivity contribution >= 4 is 50.8 Å². The lowest BCUT2D eigenvalue weighted by Crippen LogP contribution is -2.32. The van der Waals surface area contributed by atoms with E-state index in [9.17, 15) is 13.2 Å². The van der Waals surface area contributed by atoms with Gasteiger partial charge in [0.25, 0.3) is 15.9 Å². The Bertz CT molecular complexity index is 834. The molecule has 1 amide bonds. The molecule has 0 bridgehead atoms. The highest BCUT2D eigenvalue weighted by molar-refractivity contribution is 8.03. The van der Waals surface area contributed by atoms with Gasteiger partial charge in [0.1, 0.15) is 4.90 Å². The zero-order valence-corrected chi connectivity index (χ0v) is 15.4. The van der Waals surface area contributed by atoms with Crippen molar-refractivity contribution in [3.05, 3.63) is 29.8 Å². The van der Waals surface area contributed by atoms with Gasteiger partial charge >= 0.3 is 0 Å². The van der Waals surface area contributed by atoms with Gasteiger partial charge in [-0.25, -0.2) is 12.7 Å². The van der Waals surface area contributed by atoms with Gasteiger partial charge in [0.2, 0.25) is 0 Å². The highest BCUT2D eigenvalue weighted by atomic mass is 32.2. The van der Waals surface area contributed by atoms with Crippen LogP contribution in [0.25, 0.3) is 0 Å². The van der Waals surface area contributed by atoms with E-state index in [4.69, 9.17) is 0 Å². The predicted octanol–water partition coefficient (Wildman–Crippen LogP) is 2.59. The minimum absolute atomic E-state index is 0.0903. The van der Waals surface area contributed by atoms with Crippen LogP contribution in [0.3, 0.4) is 0 Å². The maximum atomic E-state index is 12.4. The van der Waals surface area contributed by atoms with E-state index in [0.717, 1.165) is 18.7 Å². The smallest absolute Gasteiger partial charge is 0.268 e. The Kier molecular flexibility index (Phi) is 4.95. The second-order valence-electron chi connectivity index (χ2n) is 4.49. The Labute approximate surface area is 146 Å². The molecular weight excluding hydrogens is 374 g/mol. The number of rotatable bonds is 6. The molecule has 0 fully saturated rings. The molecule has 23 heavy (non-hydrogen) atoms. The average Bonchev–Trinajstić information content (AvgIpc) is 3.05. The molecule has 0 N–H and O–H groups in total. The van der Waals surface area contributed by atoms with Crippen molar-refractivity contribution in [1.29, 1.82) is 0 Å². The van der Waals surface area contributed by atoms with E-state index in [1.54, 1.807) is 30.0 Å². The monoisotopic (exact) mass is 387 g/mol. The third kappa shape index (κ3) is 3.25. The third-order valence-corrected chi connectivity index (χ3v) is 7.98. The van der Waals surface area contributed by atoms with Crippen LogP contribution < -0.4 is 0 Å². The number of carbonyl (C=O) groups excluding carboxylic acids is 1. The number of hydrogen-bond acceptors (Lipinski definition) is 8. The van der Waals surface area contributed by atoms with E-state index >= 15 is 0 Å². The predicted molar refractivity (Wildman–Crippen MR) is 91.7 cm³/mol. The molecule has 3 rings (SSSR count). The fraction of sp³-hybridized carbons (Fsp3) is 0.308. The summed E-state index contributed by atoms with van der Waals surface area (Å²) in [6.45, 7) is 2.16. The molecule has 2 heterocycles. The minimum atomic E-state index is -3.72. The quantitative estimate of drug-likeness (QED) is 0.705. The molecule has 1 aliphatic rings. The molecule has 122 valence electrons. The molecule has 1 aromatic heterocycles. The molecule has 1 aliphatic heterocycles. The number of fused-ring (bicyclic) bond motifs is 1. The summed E-state index contributed by atoms with van der Waals surface area (Å²) in [6, 6.07) is 6.30. The molecule has 0 aliphatic carbocycles. The summed E-state index contributed by atoms with van der Waals surface area (Å²) in [4.78, 5) is 12.3. The van der Waals surface area contributed by atoms with Gasteiger partial charge in [0.05, 0.1) is 5.56 Å². The molecule has 0 saturated heterocycles. The summed E-state index contributed by atoms with van der Waals surface area (Å²) in [6.07, 6.45) is 0. The van der Waals surface area contributed by atoms with Crippen LogP contribution in [0.1, 0.15) is 17.3 Å². The van der Waals surface area contributed by atoms with E-state index < -0.39 is 15.9 Å². The zero-order chi connectivity index (χ0) is 16.4. The first-order chi connectivity index (χ1) is 11.0. The molecular formula is C13H13N3O3S4. The summed E-state index contributed by atoms with van der Waals surface area (Å²) >= 11 is 4.51. The Morgan fingerprint density at radius 2 is 1.87 bits per heavy atom. The molecule has 0 atom stereocenters. The van der Waals surface area contributed by atoms with Crippen molar-refractivity contribution in [3.8, 4) is 0 Å². The van der Waals surface area contributed by atoms with Crippen molar-refractivity contribution in [3.63, 3.8) is 0 Å². The topological polar surface area (TPSA) is 80.2 Å². The highest BCUT2D eigenvalue weighted by Gasteiger charge is 2.40. The van der Waals surface area contributed by atoms with Crippen molar-refractivity contribution in [2.24, 2.45) is 0 Å². The normalized spacial score (nSPS) is 15.9. The summed E-state index contributed by atoms with van der Waals surface area (Å²) in [5, 5.41) is 8.10. The highest BCUT2D eigenvalue weighted by Crippen LogP contribution is 2.32. The van der Waals surface area contributed by atoms with E-state index in [1.807, 2.05) is 6.92 Å². The number of hydrogen-bond donors (Lipinski definition) is 0.